The number of hydrogen-bond donors (Lipinski definition) is 1. The number of rotatable bonds is 2. The molecule has 1 aromatic carbocycles. The van der Waals surface area contributed by atoms with Crippen molar-refractivity contribution in [3.05, 3.63) is 47.4 Å². The van der Waals surface area contributed by atoms with E-state index in [1.165, 1.54) is 6.07 Å². The van der Waals surface area contributed by atoms with E-state index in [1.54, 1.807) is 19.1 Å². The van der Waals surface area contributed by atoms with Crippen molar-refractivity contribution in [2.24, 2.45) is 5.73 Å². The van der Waals surface area contributed by atoms with Crippen LogP contribution in [-0.2, 0) is 6.54 Å². The van der Waals surface area contributed by atoms with Gasteiger partial charge in [0, 0.05) is 12.1 Å². The predicted molar refractivity (Wildman–Crippen MR) is 60.1 cm³/mol. The Labute approximate surface area is 93.1 Å². The SMILES string of the molecule is Cc1cc(-c2ccc(CN)nn2)ccc1F. The van der Waals surface area contributed by atoms with Crippen LogP contribution in [0.2, 0.25) is 0 Å². The fourth-order valence-electron chi connectivity index (χ4n) is 1.43. The van der Waals surface area contributed by atoms with Gasteiger partial charge in [0.25, 0.3) is 0 Å². The first-order valence-corrected chi connectivity index (χ1v) is 5.00. The van der Waals surface area contributed by atoms with Gasteiger partial charge in [-0.25, -0.2) is 4.39 Å². The second kappa shape index (κ2) is 4.37. The van der Waals surface area contributed by atoms with Crippen LogP contribution in [0.15, 0.2) is 30.3 Å². The van der Waals surface area contributed by atoms with E-state index in [-0.39, 0.29) is 5.82 Å². The number of nitrogens with zero attached hydrogens (tertiary/aromatic N) is 2. The second-order valence-electron chi connectivity index (χ2n) is 3.58. The molecule has 0 atom stereocenters. The lowest BCUT2D eigenvalue weighted by Crippen LogP contribution is -2.01. The van der Waals surface area contributed by atoms with Crippen LogP contribution in [0, 0.1) is 12.7 Å². The molecule has 82 valence electrons. The summed E-state index contributed by atoms with van der Waals surface area (Å²) in [7, 11) is 0. The third kappa shape index (κ3) is 2.06. The van der Waals surface area contributed by atoms with Crippen LogP contribution in [0.1, 0.15) is 11.3 Å². The molecule has 0 spiro atoms. The van der Waals surface area contributed by atoms with Crippen LogP contribution in [0.5, 0.6) is 0 Å². The zero-order valence-corrected chi connectivity index (χ0v) is 8.94. The maximum atomic E-state index is 13.1. The van der Waals surface area contributed by atoms with Crippen LogP contribution in [0.25, 0.3) is 11.3 Å². The molecule has 0 aliphatic rings. The zero-order chi connectivity index (χ0) is 11.5. The molecule has 4 heteroatoms. The molecule has 0 saturated carbocycles. The third-order valence-electron chi connectivity index (χ3n) is 2.38. The standard InChI is InChI=1S/C12H12FN3/c1-8-6-9(2-4-11(8)13)12-5-3-10(7-14)15-16-12/h2-6H,7,14H2,1H3. The van der Waals surface area contributed by atoms with Gasteiger partial charge >= 0.3 is 0 Å². The molecule has 0 amide bonds. The van der Waals surface area contributed by atoms with Crippen LogP contribution in [-0.4, -0.2) is 10.2 Å². The molecular formula is C12H12FN3. The fourth-order valence-corrected chi connectivity index (χ4v) is 1.43. The van der Waals surface area contributed by atoms with E-state index in [0.717, 1.165) is 17.0 Å². The summed E-state index contributed by atoms with van der Waals surface area (Å²) in [5.74, 6) is -0.213. The number of benzene rings is 1. The molecule has 0 bridgehead atoms. The van der Waals surface area contributed by atoms with Crippen molar-refractivity contribution in [2.75, 3.05) is 0 Å². The maximum absolute atomic E-state index is 13.1. The Morgan fingerprint density at radius 3 is 2.56 bits per heavy atom. The van der Waals surface area contributed by atoms with Crippen LogP contribution in [0.3, 0.4) is 0 Å². The molecule has 2 N–H and O–H groups in total. The van der Waals surface area contributed by atoms with Gasteiger partial charge in [-0.3, -0.25) is 0 Å². The quantitative estimate of drug-likeness (QED) is 0.837. The molecule has 16 heavy (non-hydrogen) atoms. The lowest BCUT2D eigenvalue weighted by Gasteiger charge is -2.03. The van der Waals surface area contributed by atoms with Gasteiger partial charge in [0.05, 0.1) is 11.4 Å². The predicted octanol–water partition coefficient (Wildman–Crippen LogP) is 2.05. The first-order chi connectivity index (χ1) is 7.70. The summed E-state index contributed by atoms with van der Waals surface area (Å²) >= 11 is 0. The van der Waals surface area contributed by atoms with E-state index >= 15 is 0 Å². The van der Waals surface area contributed by atoms with Crippen LogP contribution < -0.4 is 5.73 Å². The Morgan fingerprint density at radius 1 is 1.19 bits per heavy atom. The largest absolute Gasteiger partial charge is 0.325 e. The Hall–Kier alpha value is -1.81. The van der Waals surface area contributed by atoms with E-state index in [0.29, 0.717) is 12.1 Å². The smallest absolute Gasteiger partial charge is 0.126 e. The topological polar surface area (TPSA) is 51.8 Å². The van der Waals surface area contributed by atoms with Gasteiger partial charge in [-0.2, -0.15) is 10.2 Å². The highest BCUT2D eigenvalue weighted by Crippen LogP contribution is 2.19. The van der Waals surface area contributed by atoms with Crippen molar-refractivity contribution in [2.45, 2.75) is 13.5 Å². The summed E-state index contributed by atoms with van der Waals surface area (Å²) < 4.78 is 13.1. The molecule has 1 aromatic heterocycles. The van der Waals surface area contributed by atoms with E-state index in [2.05, 4.69) is 10.2 Å². The number of nitrogens with two attached hydrogens (primary N) is 1. The summed E-state index contributed by atoms with van der Waals surface area (Å²) in [5.41, 5.74) is 8.35. The Morgan fingerprint density at radius 2 is 2.00 bits per heavy atom. The monoisotopic (exact) mass is 217 g/mol. The molecule has 2 rings (SSSR count). The minimum absolute atomic E-state index is 0.213. The van der Waals surface area contributed by atoms with Gasteiger partial charge in [0.2, 0.25) is 0 Å². The maximum Gasteiger partial charge on any atom is 0.126 e. The molecular weight excluding hydrogens is 205 g/mol. The number of aryl methyl sites for hydroxylation is 1. The lowest BCUT2D eigenvalue weighted by molar-refractivity contribution is 0.618. The fraction of sp³-hybridized carbons (Fsp3) is 0.167. The summed E-state index contributed by atoms with van der Waals surface area (Å²) in [6, 6.07) is 8.53. The van der Waals surface area contributed by atoms with Crippen molar-refractivity contribution >= 4 is 0 Å². The van der Waals surface area contributed by atoms with Crippen molar-refractivity contribution < 1.29 is 4.39 Å². The molecule has 0 radical (unpaired) electrons. The molecule has 0 aliphatic heterocycles. The number of hydrogen-bond acceptors (Lipinski definition) is 3. The average molecular weight is 217 g/mol. The van der Waals surface area contributed by atoms with Gasteiger partial charge in [-0.05, 0) is 42.8 Å². The van der Waals surface area contributed by atoms with Gasteiger partial charge in [0.15, 0.2) is 0 Å². The van der Waals surface area contributed by atoms with Crippen LogP contribution >= 0.6 is 0 Å². The summed E-state index contributed by atoms with van der Waals surface area (Å²) in [6.45, 7) is 2.09. The van der Waals surface area contributed by atoms with E-state index < -0.39 is 0 Å². The highest BCUT2D eigenvalue weighted by Gasteiger charge is 2.03. The molecule has 2 aromatic rings. The third-order valence-corrected chi connectivity index (χ3v) is 2.38. The molecule has 0 unspecified atom stereocenters. The minimum Gasteiger partial charge on any atom is -0.325 e. The highest BCUT2D eigenvalue weighted by molar-refractivity contribution is 5.59. The molecule has 0 fully saturated rings. The Balaban J connectivity index is 2.38. The van der Waals surface area contributed by atoms with Gasteiger partial charge in [-0.1, -0.05) is 0 Å². The second-order valence-corrected chi connectivity index (χ2v) is 3.58. The number of aromatic nitrogens is 2. The van der Waals surface area contributed by atoms with Crippen molar-refractivity contribution in [3.63, 3.8) is 0 Å². The Kier molecular flexibility index (Phi) is 2.92. The lowest BCUT2D eigenvalue weighted by atomic mass is 10.1. The summed E-state index contributed by atoms with van der Waals surface area (Å²) in [6.07, 6.45) is 0. The van der Waals surface area contributed by atoms with Crippen molar-refractivity contribution in [3.8, 4) is 11.3 Å². The Bertz CT molecular complexity index is 494. The average Bonchev–Trinajstić information content (AvgIpc) is 2.33. The summed E-state index contributed by atoms with van der Waals surface area (Å²) in [4.78, 5) is 0. The first-order valence-electron chi connectivity index (χ1n) is 5.00. The molecule has 1 heterocycles. The van der Waals surface area contributed by atoms with Crippen LogP contribution in [0.4, 0.5) is 4.39 Å². The zero-order valence-electron chi connectivity index (χ0n) is 8.94. The first kappa shape index (κ1) is 10.7. The van der Waals surface area contributed by atoms with Crippen molar-refractivity contribution in [1.29, 1.82) is 0 Å². The highest BCUT2D eigenvalue weighted by atomic mass is 19.1. The van der Waals surface area contributed by atoms with E-state index in [1.807, 2.05) is 12.1 Å². The van der Waals surface area contributed by atoms with E-state index in [9.17, 15) is 4.39 Å². The summed E-state index contributed by atoms with van der Waals surface area (Å²) in [5, 5.41) is 7.99. The molecule has 0 saturated heterocycles. The minimum atomic E-state index is -0.213. The molecule has 3 nitrogen and oxygen atoms in total. The van der Waals surface area contributed by atoms with Gasteiger partial charge in [-0.15, -0.1) is 0 Å². The van der Waals surface area contributed by atoms with Crippen molar-refractivity contribution in [1.82, 2.24) is 10.2 Å². The van der Waals surface area contributed by atoms with Gasteiger partial charge in [0.1, 0.15) is 5.82 Å². The van der Waals surface area contributed by atoms with E-state index in [4.69, 9.17) is 5.73 Å². The number of halogens is 1. The molecule has 0 aliphatic carbocycles. The van der Waals surface area contributed by atoms with Gasteiger partial charge < -0.3 is 5.73 Å². The normalized spacial score (nSPS) is 10.4.